The number of aromatic amines is 1. The van der Waals surface area contributed by atoms with Crippen LogP contribution in [0.2, 0.25) is 0 Å². The van der Waals surface area contributed by atoms with Crippen LogP contribution in [-0.4, -0.2) is 40.2 Å². The molecule has 1 rings (SSSR count). The topological polar surface area (TPSA) is 156 Å². The SMILES string of the molecule is CN/C(NC(C)(C)C)=C(\C(=N)N)C(=N)C(=O)Nc1cc(C)n[nH]1. The highest BCUT2D eigenvalue weighted by atomic mass is 16.1. The fourth-order valence-electron chi connectivity index (χ4n) is 1.80. The predicted molar refractivity (Wildman–Crippen MR) is 90.6 cm³/mol. The summed E-state index contributed by atoms with van der Waals surface area (Å²) in [7, 11) is 1.63. The van der Waals surface area contributed by atoms with Gasteiger partial charge in [0.15, 0.2) is 0 Å². The molecule has 1 amide bonds. The Morgan fingerprint density at radius 3 is 2.35 bits per heavy atom. The number of amidine groups is 1. The molecule has 0 unspecified atom stereocenters. The fourth-order valence-corrected chi connectivity index (χ4v) is 1.80. The average molecular weight is 320 g/mol. The van der Waals surface area contributed by atoms with Crippen LogP contribution in [0.1, 0.15) is 26.5 Å². The van der Waals surface area contributed by atoms with Crippen molar-refractivity contribution in [3.8, 4) is 0 Å². The van der Waals surface area contributed by atoms with Crippen molar-refractivity contribution in [2.45, 2.75) is 33.2 Å². The summed E-state index contributed by atoms with van der Waals surface area (Å²) in [5.74, 6) is -0.366. The van der Waals surface area contributed by atoms with Crippen LogP contribution < -0.4 is 21.7 Å². The number of carbonyl (C=O) groups is 1. The molecule has 0 saturated heterocycles. The quantitative estimate of drug-likeness (QED) is 0.299. The Morgan fingerprint density at radius 2 is 1.96 bits per heavy atom. The lowest BCUT2D eigenvalue weighted by molar-refractivity contribution is -0.110. The lowest BCUT2D eigenvalue weighted by Gasteiger charge is -2.26. The van der Waals surface area contributed by atoms with E-state index in [1.54, 1.807) is 20.0 Å². The molecule has 0 bridgehead atoms. The highest BCUT2D eigenvalue weighted by molar-refractivity contribution is 6.53. The summed E-state index contributed by atoms with van der Waals surface area (Å²) >= 11 is 0. The molecule has 1 aromatic heterocycles. The van der Waals surface area contributed by atoms with Crippen LogP contribution in [-0.2, 0) is 4.79 Å². The molecule has 1 aromatic rings. The number of nitrogens with two attached hydrogens (primary N) is 1. The molecular weight excluding hydrogens is 296 g/mol. The van der Waals surface area contributed by atoms with Crippen LogP contribution in [0.5, 0.6) is 0 Å². The summed E-state index contributed by atoms with van der Waals surface area (Å²) < 4.78 is 0. The third-order valence-corrected chi connectivity index (χ3v) is 2.70. The molecular formula is C14H24N8O. The molecule has 1 heterocycles. The largest absolute Gasteiger partial charge is 0.383 e. The molecule has 0 spiro atoms. The standard InChI is InChI=1S/C14H24N8O/c1-7-6-8(22-21-7)19-13(23)10(15)9(11(16)17)12(18-5)20-14(2,3)4/h6,15,18,20H,1-5H3,(H3,16,17)(H2,19,21,22,23)/b12-9+,15-10?. The lowest BCUT2D eigenvalue weighted by Crippen LogP contribution is -2.43. The number of amides is 1. The van der Waals surface area contributed by atoms with Gasteiger partial charge in [0.25, 0.3) is 5.91 Å². The van der Waals surface area contributed by atoms with Crippen molar-refractivity contribution in [3.63, 3.8) is 0 Å². The summed E-state index contributed by atoms with van der Waals surface area (Å²) in [6.07, 6.45) is 0. The first-order valence-electron chi connectivity index (χ1n) is 7.02. The van der Waals surface area contributed by atoms with Crippen LogP contribution in [0, 0.1) is 17.7 Å². The minimum Gasteiger partial charge on any atom is -0.383 e. The summed E-state index contributed by atoms with van der Waals surface area (Å²) in [5, 5.41) is 30.8. The van der Waals surface area contributed by atoms with Gasteiger partial charge in [0, 0.05) is 18.7 Å². The molecule has 0 radical (unpaired) electrons. The summed E-state index contributed by atoms with van der Waals surface area (Å²) in [4.78, 5) is 12.2. The Kier molecular flexibility index (Phi) is 5.50. The first kappa shape index (κ1) is 18.2. The molecule has 9 heteroatoms. The summed E-state index contributed by atoms with van der Waals surface area (Å²) in [6, 6.07) is 1.63. The van der Waals surface area contributed by atoms with E-state index in [2.05, 4.69) is 26.1 Å². The maximum absolute atomic E-state index is 12.2. The van der Waals surface area contributed by atoms with E-state index in [9.17, 15) is 4.79 Å². The first-order chi connectivity index (χ1) is 10.5. The van der Waals surface area contributed by atoms with Gasteiger partial charge < -0.3 is 21.7 Å². The number of H-pyrrole nitrogens is 1. The molecule has 9 nitrogen and oxygen atoms in total. The minimum atomic E-state index is -0.692. The van der Waals surface area contributed by atoms with Gasteiger partial charge in [0.2, 0.25) is 0 Å². The fraction of sp³-hybridized carbons (Fsp3) is 0.429. The zero-order valence-electron chi connectivity index (χ0n) is 14.0. The van der Waals surface area contributed by atoms with Crippen molar-refractivity contribution in [3.05, 3.63) is 23.2 Å². The van der Waals surface area contributed by atoms with Crippen molar-refractivity contribution in [2.75, 3.05) is 12.4 Å². The van der Waals surface area contributed by atoms with Gasteiger partial charge in [-0.25, -0.2) is 0 Å². The Balaban J connectivity index is 3.10. The van der Waals surface area contributed by atoms with Crippen molar-refractivity contribution >= 4 is 23.3 Å². The Bertz CT molecular complexity index is 650. The molecule has 0 aromatic carbocycles. The van der Waals surface area contributed by atoms with Gasteiger partial charge >= 0.3 is 0 Å². The zero-order chi connectivity index (χ0) is 17.8. The van der Waals surface area contributed by atoms with Crippen molar-refractivity contribution < 1.29 is 4.79 Å². The van der Waals surface area contributed by atoms with E-state index in [-0.39, 0.29) is 16.9 Å². The van der Waals surface area contributed by atoms with E-state index in [1.165, 1.54) is 0 Å². The van der Waals surface area contributed by atoms with E-state index in [0.717, 1.165) is 0 Å². The molecule has 0 saturated carbocycles. The molecule has 0 fully saturated rings. The predicted octanol–water partition coefficient (Wildman–Crippen LogP) is 0.431. The third-order valence-electron chi connectivity index (χ3n) is 2.70. The number of nitrogens with zero attached hydrogens (tertiary/aromatic N) is 1. The molecule has 23 heavy (non-hydrogen) atoms. The van der Waals surface area contributed by atoms with Gasteiger partial charge in [-0.15, -0.1) is 0 Å². The molecule has 8 N–H and O–H groups in total. The minimum absolute atomic E-state index is 0.00355. The first-order valence-corrected chi connectivity index (χ1v) is 7.02. The van der Waals surface area contributed by atoms with Crippen LogP contribution in [0.3, 0.4) is 0 Å². The molecule has 126 valence electrons. The Labute approximate surface area is 135 Å². The highest BCUT2D eigenvalue weighted by Gasteiger charge is 2.24. The van der Waals surface area contributed by atoms with Crippen molar-refractivity contribution in [1.29, 1.82) is 10.8 Å². The summed E-state index contributed by atoms with van der Waals surface area (Å²) in [6.45, 7) is 7.52. The van der Waals surface area contributed by atoms with Crippen LogP contribution in [0.4, 0.5) is 5.82 Å². The molecule has 0 aliphatic carbocycles. The smallest absolute Gasteiger partial charge is 0.275 e. The van der Waals surface area contributed by atoms with Gasteiger partial charge in [-0.3, -0.25) is 20.7 Å². The maximum atomic E-state index is 12.2. The van der Waals surface area contributed by atoms with Crippen LogP contribution in [0.25, 0.3) is 0 Å². The normalized spacial score (nSPS) is 12.2. The van der Waals surface area contributed by atoms with E-state index in [0.29, 0.717) is 17.3 Å². The van der Waals surface area contributed by atoms with E-state index < -0.39 is 11.6 Å². The number of aromatic nitrogens is 2. The molecule has 0 atom stereocenters. The molecule has 0 aliphatic heterocycles. The Hall–Kier alpha value is -2.84. The zero-order valence-corrected chi connectivity index (χ0v) is 14.0. The number of hydrogen-bond donors (Lipinski definition) is 7. The van der Waals surface area contributed by atoms with Crippen molar-refractivity contribution in [2.24, 2.45) is 5.73 Å². The second-order valence-corrected chi connectivity index (χ2v) is 6.04. The summed E-state index contributed by atoms with van der Waals surface area (Å²) in [5.41, 5.74) is 5.51. The number of nitrogens with one attached hydrogen (secondary N) is 6. The number of rotatable bonds is 6. The van der Waals surface area contributed by atoms with Gasteiger partial charge in [0.1, 0.15) is 23.2 Å². The number of anilines is 1. The van der Waals surface area contributed by atoms with Gasteiger partial charge in [-0.05, 0) is 27.7 Å². The lowest BCUT2D eigenvalue weighted by atomic mass is 10.1. The van der Waals surface area contributed by atoms with Gasteiger partial charge in [-0.1, -0.05) is 0 Å². The second-order valence-electron chi connectivity index (χ2n) is 6.04. The van der Waals surface area contributed by atoms with Crippen molar-refractivity contribution in [1.82, 2.24) is 20.8 Å². The van der Waals surface area contributed by atoms with Gasteiger partial charge in [0.05, 0.1) is 11.3 Å². The number of aryl methyl sites for hydroxylation is 1. The number of carbonyl (C=O) groups excluding carboxylic acids is 1. The van der Waals surface area contributed by atoms with Crippen LogP contribution >= 0.6 is 0 Å². The number of hydrogen-bond acceptors (Lipinski definition) is 6. The van der Waals surface area contributed by atoms with Gasteiger partial charge in [-0.2, -0.15) is 5.10 Å². The Morgan fingerprint density at radius 1 is 1.35 bits per heavy atom. The van der Waals surface area contributed by atoms with E-state index in [4.69, 9.17) is 16.6 Å². The average Bonchev–Trinajstić information content (AvgIpc) is 2.81. The monoisotopic (exact) mass is 320 g/mol. The third kappa shape index (κ3) is 5.13. The maximum Gasteiger partial charge on any atom is 0.275 e. The molecule has 0 aliphatic rings. The van der Waals surface area contributed by atoms with Crippen LogP contribution in [0.15, 0.2) is 17.5 Å². The highest BCUT2D eigenvalue weighted by Crippen LogP contribution is 2.10. The van der Waals surface area contributed by atoms with E-state index in [1.807, 2.05) is 20.8 Å². The second kappa shape index (κ2) is 6.95. The van der Waals surface area contributed by atoms with E-state index >= 15 is 0 Å².